The first kappa shape index (κ1) is 19.0. The van der Waals surface area contributed by atoms with Crippen molar-refractivity contribution in [2.75, 3.05) is 19.8 Å². The quantitative estimate of drug-likeness (QED) is 0.573. The number of nitrogens with one attached hydrogen (secondary N) is 1. The summed E-state index contributed by atoms with van der Waals surface area (Å²) >= 11 is 0. The molecule has 150 valence electrons. The number of rotatable bonds is 7. The number of benzene rings is 2. The lowest BCUT2D eigenvalue weighted by Crippen LogP contribution is -2.31. The highest BCUT2D eigenvalue weighted by molar-refractivity contribution is 6.00. The number of aliphatic hydroxyl groups excluding tert-OH is 1. The summed E-state index contributed by atoms with van der Waals surface area (Å²) in [5.41, 5.74) is 3.19. The molecule has 1 aliphatic rings. The maximum Gasteiger partial charge on any atom is 0.273 e. The van der Waals surface area contributed by atoms with Crippen LogP contribution < -0.4 is 4.74 Å². The molecule has 0 fully saturated rings. The zero-order valence-corrected chi connectivity index (χ0v) is 16.1. The number of aromatic hydroxyl groups is 1. The number of aliphatic hydroxyl groups is 1. The van der Waals surface area contributed by atoms with Gasteiger partial charge in [-0.25, -0.2) is 0 Å². The SMILES string of the molecule is CCOc1ccc(C2c3c(-c4ccccc4O)n[nH]c3C(=O)N2CCCO)cc1. The van der Waals surface area contributed by atoms with E-state index in [1.807, 2.05) is 37.3 Å². The van der Waals surface area contributed by atoms with Crippen LogP contribution in [-0.2, 0) is 0 Å². The number of phenolic OH excluding ortho intramolecular Hbond substituents is 1. The lowest BCUT2D eigenvalue weighted by molar-refractivity contribution is 0.0732. The fourth-order valence-corrected chi connectivity index (χ4v) is 3.81. The summed E-state index contributed by atoms with van der Waals surface area (Å²) in [7, 11) is 0. The second-order valence-corrected chi connectivity index (χ2v) is 6.86. The number of H-pyrrole nitrogens is 1. The molecule has 2 aromatic carbocycles. The molecule has 0 saturated carbocycles. The smallest absolute Gasteiger partial charge is 0.273 e. The predicted octanol–water partition coefficient (Wildman–Crippen LogP) is 3.11. The highest BCUT2D eigenvalue weighted by atomic mass is 16.5. The van der Waals surface area contributed by atoms with Gasteiger partial charge in [0.15, 0.2) is 0 Å². The van der Waals surface area contributed by atoms with Crippen LogP contribution in [0.4, 0.5) is 0 Å². The van der Waals surface area contributed by atoms with Crippen molar-refractivity contribution in [2.45, 2.75) is 19.4 Å². The topological polar surface area (TPSA) is 98.7 Å². The summed E-state index contributed by atoms with van der Waals surface area (Å²) in [5.74, 6) is 0.700. The van der Waals surface area contributed by atoms with E-state index in [0.717, 1.165) is 16.9 Å². The van der Waals surface area contributed by atoms with Crippen LogP contribution >= 0.6 is 0 Å². The van der Waals surface area contributed by atoms with Crippen molar-refractivity contribution in [3.05, 3.63) is 65.4 Å². The highest BCUT2D eigenvalue weighted by Crippen LogP contribution is 2.44. The number of ether oxygens (including phenoxy) is 1. The highest BCUT2D eigenvalue weighted by Gasteiger charge is 2.42. The molecule has 0 aliphatic carbocycles. The van der Waals surface area contributed by atoms with E-state index in [9.17, 15) is 15.0 Å². The van der Waals surface area contributed by atoms with Crippen molar-refractivity contribution in [3.8, 4) is 22.8 Å². The first-order valence-electron chi connectivity index (χ1n) is 9.67. The molecule has 3 aromatic rings. The minimum atomic E-state index is -0.368. The Hall–Kier alpha value is -3.32. The van der Waals surface area contributed by atoms with E-state index < -0.39 is 0 Å². The maximum absolute atomic E-state index is 13.1. The third-order valence-corrected chi connectivity index (χ3v) is 5.09. The second-order valence-electron chi connectivity index (χ2n) is 6.86. The van der Waals surface area contributed by atoms with Gasteiger partial charge < -0.3 is 19.8 Å². The molecule has 1 aromatic heterocycles. The number of phenols is 1. The van der Waals surface area contributed by atoms with Crippen molar-refractivity contribution < 1.29 is 19.7 Å². The standard InChI is InChI=1S/C22H23N3O4/c1-2-29-15-10-8-14(9-11-15)21-18-19(16-6-3-4-7-17(16)27)23-24-20(18)22(28)25(21)12-5-13-26/h3-4,6-11,21,26-27H,2,5,12-13H2,1H3,(H,23,24). The average molecular weight is 393 g/mol. The molecule has 7 nitrogen and oxygen atoms in total. The van der Waals surface area contributed by atoms with Gasteiger partial charge in [0.2, 0.25) is 0 Å². The molecule has 1 atom stereocenters. The van der Waals surface area contributed by atoms with Crippen molar-refractivity contribution in [1.29, 1.82) is 0 Å². The van der Waals surface area contributed by atoms with Gasteiger partial charge in [0, 0.05) is 24.3 Å². The monoisotopic (exact) mass is 393 g/mol. The Balaban J connectivity index is 1.83. The first-order valence-corrected chi connectivity index (χ1v) is 9.67. The van der Waals surface area contributed by atoms with Crippen LogP contribution in [0.1, 0.15) is 41.0 Å². The number of amides is 1. The van der Waals surface area contributed by atoms with E-state index >= 15 is 0 Å². The number of hydrogen-bond acceptors (Lipinski definition) is 5. The van der Waals surface area contributed by atoms with Crippen LogP contribution in [0.15, 0.2) is 48.5 Å². The summed E-state index contributed by atoms with van der Waals surface area (Å²) < 4.78 is 5.53. The zero-order valence-electron chi connectivity index (χ0n) is 16.1. The Labute approximate surface area is 168 Å². The first-order chi connectivity index (χ1) is 14.2. The molecule has 4 rings (SSSR count). The van der Waals surface area contributed by atoms with E-state index in [4.69, 9.17) is 4.74 Å². The van der Waals surface area contributed by atoms with E-state index in [1.165, 1.54) is 0 Å². The number of hydrogen-bond donors (Lipinski definition) is 3. The van der Waals surface area contributed by atoms with Crippen LogP contribution in [0.5, 0.6) is 11.5 Å². The molecule has 0 saturated heterocycles. The minimum Gasteiger partial charge on any atom is -0.507 e. The number of carbonyl (C=O) groups is 1. The number of aromatic nitrogens is 2. The van der Waals surface area contributed by atoms with Crippen LogP contribution in [0.2, 0.25) is 0 Å². The Kier molecular flexibility index (Phi) is 5.22. The van der Waals surface area contributed by atoms with Gasteiger partial charge in [-0.3, -0.25) is 9.89 Å². The third kappa shape index (κ3) is 3.34. The van der Waals surface area contributed by atoms with Gasteiger partial charge in [0.25, 0.3) is 5.91 Å². The van der Waals surface area contributed by atoms with Gasteiger partial charge in [0.05, 0.1) is 12.6 Å². The third-order valence-electron chi connectivity index (χ3n) is 5.09. The van der Waals surface area contributed by atoms with Crippen LogP contribution in [-0.4, -0.2) is 51.0 Å². The number of carbonyl (C=O) groups excluding carboxylic acids is 1. The molecule has 1 unspecified atom stereocenters. The summed E-state index contributed by atoms with van der Waals surface area (Å²) in [4.78, 5) is 14.8. The maximum atomic E-state index is 13.1. The molecular weight excluding hydrogens is 370 g/mol. The van der Waals surface area contributed by atoms with Gasteiger partial charge in [-0.2, -0.15) is 5.10 Å². The lowest BCUT2D eigenvalue weighted by atomic mass is 9.95. The number of aromatic amines is 1. The fraction of sp³-hybridized carbons (Fsp3) is 0.273. The summed E-state index contributed by atoms with van der Waals surface area (Å²) in [6.45, 7) is 2.91. The van der Waals surface area contributed by atoms with E-state index in [0.29, 0.717) is 36.5 Å². The Morgan fingerprint density at radius 1 is 1.17 bits per heavy atom. The van der Waals surface area contributed by atoms with Gasteiger partial charge in [0.1, 0.15) is 22.9 Å². The lowest BCUT2D eigenvalue weighted by Gasteiger charge is -2.26. The normalized spacial score (nSPS) is 15.6. The van der Waals surface area contributed by atoms with Crippen molar-refractivity contribution >= 4 is 5.91 Å². The molecule has 7 heteroatoms. The second kappa shape index (κ2) is 7.97. The summed E-state index contributed by atoms with van der Waals surface area (Å²) in [6, 6.07) is 14.2. The molecule has 1 aliphatic heterocycles. The number of para-hydroxylation sites is 1. The molecule has 2 heterocycles. The Bertz CT molecular complexity index is 1010. The molecule has 0 bridgehead atoms. The average Bonchev–Trinajstić information content (AvgIpc) is 3.27. The molecule has 29 heavy (non-hydrogen) atoms. The minimum absolute atomic E-state index is 0.00169. The molecule has 1 amide bonds. The molecule has 3 N–H and O–H groups in total. The van der Waals surface area contributed by atoms with E-state index in [1.54, 1.807) is 23.1 Å². The molecule has 0 spiro atoms. The van der Waals surface area contributed by atoms with Crippen molar-refractivity contribution in [2.24, 2.45) is 0 Å². The number of nitrogens with zero attached hydrogens (tertiary/aromatic N) is 2. The van der Waals surface area contributed by atoms with Gasteiger partial charge >= 0.3 is 0 Å². The molecular formula is C22H23N3O4. The van der Waals surface area contributed by atoms with E-state index in [-0.39, 0.29) is 24.3 Å². The predicted molar refractivity (Wildman–Crippen MR) is 108 cm³/mol. The van der Waals surface area contributed by atoms with Crippen molar-refractivity contribution in [1.82, 2.24) is 15.1 Å². The van der Waals surface area contributed by atoms with Gasteiger partial charge in [-0.15, -0.1) is 0 Å². The summed E-state index contributed by atoms with van der Waals surface area (Å²) in [5, 5.41) is 26.8. The Morgan fingerprint density at radius 2 is 1.93 bits per heavy atom. The van der Waals surface area contributed by atoms with Gasteiger partial charge in [-0.05, 0) is 43.2 Å². The van der Waals surface area contributed by atoms with Crippen LogP contribution in [0, 0.1) is 0 Å². The summed E-state index contributed by atoms with van der Waals surface area (Å²) in [6.07, 6.45) is 0.475. The van der Waals surface area contributed by atoms with Crippen molar-refractivity contribution in [3.63, 3.8) is 0 Å². The zero-order chi connectivity index (χ0) is 20.4. The van der Waals surface area contributed by atoms with Gasteiger partial charge in [-0.1, -0.05) is 24.3 Å². The largest absolute Gasteiger partial charge is 0.507 e. The number of fused-ring (bicyclic) bond motifs is 1. The van der Waals surface area contributed by atoms with Crippen LogP contribution in [0.3, 0.4) is 0 Å². The van der Waals surface area contributed by atoms with E-state index in [2.05, 4.69) is 10.2 Å². The fourth-order valence-electron chi connectivity index (χ4n) is 3.81. The molecule has 0 radical (unpaired) electrons. The Morgan fingerprint density at radius 3 is 2.62 bits per heavy atom. The van der Waals surface area contributed by atoms with Crippen LogP contribution in [0.25, 0.3) is 11.3 Å².